The monoisotopic (exact) mass is 357 g/mol. The van der Waals surface area contributed by atoms with Gasteiger partial charge in [0.25, 0.3) is 5.91 Å². The van der Waals surface area contributed by atoms with Gasteiger partial charge in [0, 0.05) is 45.3 Å². The van der Waals surface area contributed by atoms with Gasteiger partial charge in [-0.2, -0.15) is 0 Å². The predicted octanol–water partition coefficient (Wildman–Crippen LogP) is 2.48. The van der Waals surface area contributed by atoms with Crippen LogP contribution in [-0.4, -0.2) is 72.3 Å². The number of benzene rings is 1. The van der Waals surface area contributed by atoms with Crippen molar-refractivity contribution in [3.63, 3.8) is 0 Å². The molecule has 5 heteroatoms. The van der Waals surface area contributed by atoms with E-state index in [1.54, 1.807) is 0 Å². The molecule has 1 saturated heterocycles. The Kier molecular flexibility index (Phi) is 6.30. The quantitative estimate of drug-likeness (QED) is 0.813. The lowest BCUT2D eigenvalue weighted by Crippen LogP contribution is -2.58. The van der Waals surface area contributed by atoms with Crippen molar-refractivity contribution in [2.45, 2.75) is 38.6 Å². The molecule has 1 aromatic rings. The van der Waals surface area contributed by atoms with Gasteiger partial charge in [-0.05, 0) is 37.8 Å². The number of likely N-dealkylation sites (N-methyl/N-ethyl adjacent to an activating group) is 1. The standard InChI is InChI=1S/C21H31N3O2/c1-3-22(2)21(26)19(17-9-7-8-10-17)23-13-15-24(16-14-23)20(25)18-11-5-4-6-12-18/h4-6,11-12,17,19H,3,7-10,13-16H2,1-2H3. The van der Waals surface area contributed by atoms with Crippen molar-refractivity contribution in [3.8, 4) is 0 Å². The van der Waals surface area contributed by atoms with Gasteiger partial charge in [-0.25, -0.2) is 0 Å². The third kappa shape index (κ3) is 4.09. The van der Waals surface area contributed by atoms with Crippen LogP contribution in [0.3, 0.4) is 0 Å². The van der Waals surface area contributed by atoms with Gasteiger partial charge in [-0.3, -0.25) is 14.5 Å². The molecule has 2 amide bonds. The molecule has 1 heterocycles. The maximum absolute atomic E-state index is 13.0. The zero-order valence-electron chi connectivity index (χ0n) is 16.1. The first-order valence-electron chi connectivity index (χ1n) is 9.95. The van der Waals surface area contributed by atoms with Gasteiger partial charge in [-0.1, -0.05) is 31.0 Å². The molecular weight excluding hydrogens is 326 g/mol. The molecule has 2 aliphatic rings. The Balaban J connectivity index is 1.65. The van der Waals surface area contributed by atoms with Gasteiger partial charge in [0.05, 0.1) is 6.04 Å². The second-order valence-corrected chi connectivity index (χ2v) is 7.54. The number of hydrogen-bond acceptors (Lipinski definition) is 3. The van der Waals surface area contributed by atoms with Crippen LogP contribution in [0.2, 0.25) is 0 Å². The van der Waals surface area contributed by atoms with Gasteiger partial charge in [0.2, 0.25) is 5.91 Å². The van der Waals surface area contributed by atoms with Crippen molar-refractivity contribution < 1.29 is 9.59 Å². The fourth-order valence-corrected chi connectivity index (χ4v) is 4.28. The lowest BCUT2D eigenvalue weighted by atomic mass is 9.94. The molecule has 0 aromatic heterocycles. The Bertz CT molecular complexity index is 605. The Morgan fingerprint density at radius 2 is 1.69 bits per heavy atom. The summed E-state index contributed by atoms with van der Waals surface area (Å²) in [7, 11) is 1.90. The number of carbonyl (C=O) groups excluding carboxylic acids is 2. The summed E-state index contributed by atoms with van der Waals surface area (Å²) in [5.74, 6) is 0.815. The number of carbonyl (C=O) groups is 2. The molecule has 1 aliphatic heterocycles. The SMILES string of the molecule is CCN(C)C(=O)C(C1CCCC1)N1CCN(C(=O)c2ccccc2)CC1. The van der Waals surface area contributed by atoms with Crippen molar-refractivity contribution in [1.29, 1.82) is 0 Å². The minimum absolute atomic E-state index is 0.0172. The fourth-order valence-electron chi connectivity index (χ4n) is 4.28. The topological polar surface area (TPSA) is 43.9 Å². The van der Waals surface area contributed by atoms with Crippen LogP contribution < -0.4 is 0 Å². The second kappa shape index (κ2) is 8.67. The van der Waals surface area contributed by atoms with E-state index in [1.807, 2.05) is 54.1 Å². The van der Waals surface area contributed by atoms with E-state index in [2.05, 4.69) is 4.90 Å². The van der Waals surface area contributed by atoms with Crippen LogP contribution in [0.4, 0.5) is 0 Å². The molecule has 26 heavy (non-hydrogen) atoms. The lowest BCUT2D eigenvalue weighted by Gasteiger charge is -2.42. The smallest absolute Gasteiger partial charge is 0.253 e. The molecule has 0 N–H and O–H groups in total. The van der Waals surface area contributed by atoms with Crippen LogP contribution in [0.1, 0.15) is 43.0 Å². The van der Waals surface area contributed by atoms with Crippen LogP contribution in [-0.2, 0) is 4.79 Å². The van der Waals surface area contributed by atoms with Gasteiger partial charge in [-0.15, -0.1) is 0 Å². The highest BCUT2D eigenvalue weighted by molar-refractivity contribution is 5.94. The average Bonchev–Trinajstić information content (AvgIpc) is 3.22. The van der Waals surface area contributed by atoms with Gasteiger partial charge in [0.1, 0.15) is 0 Å². The highest BCUT2D eigenvalue weighted by atomic mass is 16.2. The third-order valence-corrected chi connectivity index (χ3v) is 5.97. The van der Waals surface area contributed by atoms with E-state index >= 15 is 0 Å². The molecule has 1 aromatic carbocycles. The van der Waals surface area contributed by atoms with E-state index < -0.39 is 0 Å². The molecule has 142 valence electrons. The Morgan fingerprint density at radius 1 is 1.08 bits per heavy atom. The fraction of sp³-hybridized carbons (Fsp3) is 0.619. The summed E-state index contributed by atoms with van der Waals surface area (Å²) in [4.78, 5) is 31.8. The first-order valence-corrected chi connectivity index (χ1v) is 9.95. The first-order chi connectivity index (χ1) is 12.6. The molecule has 1 saturated carbocycles. The van der Waals surface area contributed by atoms with Crippen LogP contribution in [0.15, 0.2) is 30.3 Å². The van der Waals surface area contributed by atoms with Crippen molar-refractivity contribution in [1.82, 2.24) is 14.7 Å². The molecule has 3 rings (SSSR count). The summed E-state index contributed by atoms with van der Waals surface area (Å²) in [5.41, 5.74) is 0.745. The minimum atomic E-state index is -0.0172. The molecule has 5 nitrogen and oxygen atoms in total. The van der Waals surface area contributed by atoms with Crippen molar-refractivity contribution >= 4 is 11.8 Å². The Hall–Kier alpha value is -1.88. The maximum atomic E-state index is 13.0. The summed E-state index contributed by atoms with van der Waals surface area (Å²) in [6.45, 7) is 5.72. The number of amides is 2. The largest absolute Gasteiger partial charge is 0.345 e. The van der Waals surface area contributed by atoms with E-state index in [9.17, 15) is 9.59 Å². The predicted molar refractivity (Wildman–Crippen MR) is 103 cm³/mol. The van der Waals surface area contributed by atoms with Crippen LogP contribution in [0.25, 0.3) is 0 Å². The van der Waals surface area contributed by atoms with Crippen LogP contribution >= 0.6 is 0 Å². The molecule has 1 aliphatic carbocycles. The van der Waals surface area contributed by atoms with E-state index in [0.29, 0.717) is 19.0 Å². The molecule has 2 fully saturated rings. The minimum Gasteiger partial charge on any atom is -0.345 e. The number of nitrogens with zero attached hydrogens (tertiary/aromatic N) is 3. The second-order valence-electron chi connectivity index (χ2n) is 7.54. The molecule has 0 radical (unpaired) electrons. The van der Waals surface area contributed by atoms with Gasteiger partial charge >= 0.3 is 0 Å². The number of hydrogen-bond donors (Lipinski definition) is 0. The lowest BCUT2D eigenvalue weighted by molar-refractivity contribution is -0.138. The Morgan fingerprint density at radius 3 is 2.27 bits per heavy atom. The van der Waals surface area contributed by atoms with Crippen LogP contribution in [0.5, 0.6) is 0 Å². The van der Waals surface area contributed by atoms with Gasteiger partial charge in [0.15, 0.2) is 0 Å². The summed E-state index contributed by atoms with van der Waals surface area (Å²) < 4.78 is 0. The van der Waals surface area contributed by atoms with Crippen molar-refractivity contribution in [3.05, 3.63) is 35.9 Å². The highest BCUT2D eigenvalue weighted by Crippen LogP contribution is 2.31. The zero-order chi connectivity index (χ0) is 18.5. The van der Waals surface area contributed by atoms with E-state index in [0.717, 1.165) is 38.0 Å². The van der Waals surface area contributed by atoms with Crippen molar-refractivity contribution in [2.75, 3.05) is 39.8 Å². The van der Waals surface area contributed by atoms with Crippen LogP contribution in [0, 0.1) is 5.92 Å². The normalized spacial score (nSPS) is 20.2. The summed E-state index contributed by atoms with van der Waals surface area (Å²) >= 11 is 0. The number of piperazine rings is 1. The third-order valence-electron chi connectivity index (χ3n) is 5.97. The summed E-state index contributed by atoms with van der Waals surface area (Å²) in [6, 6.07) is 9.46. The first kappa shape index (κ1) is 18.9. The van der Waals surface area contributed by atoms with E-state index in [1.165, 1.54) is 12.8 Å². The van der Waals surface area contributed by atoms with E-state index in [-0.39, 0.29) is 17.9 Å². The molecular formula is C21H31N3O2. The summed E-state index contributed by atoms with van der Waals surface area (Å²) in [5, 5.41) is 0. The zero-order valence-corrected chi connectivity index (χ0v) is 16.1. The van der Waals surface area contributed by atoms with Gasteiger partial charge < -0.3 is 9.80 Å². The maximum Gasteiger partial charge on any atom is 0.253 e. The summed E-state index contributed by atoms with van der Waals surface area (Å²) in [6.07, 6.45) is 4.77. The van der Waals surface area contributed by atoms with Crippen molar-refractivity contribution in [2.24, 2.45) is 5.92 Å². The molecule has 1 atom stereocenters. The molecule has 0 bridgehead atoms. The molecule has 0 spiro atoms. The molecule has 1 unspecified atom stereocenters. The average molecular weight is 357 g/mol. The number of rotatable bonds is 5. The van der Waals surface area contributed by atoms with E-state index in [4.69, 9.17) is 0 Å². The highest BCUT2D eigenvalue weighted by Gasteiger charge is 2.38. The Labute approximate surface area is 156 Å².